The number of rotatable bonds is 10. The first-order chi connectivity index (χ1) is 19.1. The van der Waals surface area contributed by atoms with Crippen LogP contribution in [-0.4, -0.2) is 28.1 Å². The molecule has 6 nitrogen and oxygen atoms in total. The Hall–Kier alpha value is -3.29. The number of carbonyl (C=O) groups excluding carboxylic acids is 1. The van der Waals surface area contributed by atoms with Crippen molar-refractivity contribution in [1.29, 1.82) is 0 Å². The van der Waals surface area contributed by atoms with Crippen LogP contribution >= 0.6 is 0 Å². The summed E-state index contributed by atoms with van der Waals surface area (Å²) in [5, 5.41) is 7.18. The van der Waals surface area contributed by atoms with Gasteiger partial charge in [0.1, 0.15) is 12.4 Å². The summed E-state index contributed by atoms with van der Waals surface area (Å²) in [6, 6.07) is 25.9. The van der Waals surface area contributed by atoms with Gasteiger partial charge in [-0.05, 0) is 60.3 Å². The molecule has 3 aromatic rings. The molecule has 4 rings (SSSR count). The molecule has 1 heterocycles. The molecule has 0 unspecified atom stereocenters. The zero-order valence-corrected chi connectivity index (χ0v) is 25.7. The molecule has 1 amide bonds. The predicted molar refractivity (Wildman–Crippen MR) is 164 cm³/mol. The Morgan fingerprint density at radius 1 is 0.975 bits per heavy atom. The summed E-state index contributed by atoms with van der Waals surface area (Å²) in [6.45, 7) is 12.3. The molecule has 1 aliphatic heterocycles. The summed E-state index contributed by atoms with van der Waals surface area (Å²) in [5.74, 6) is 0.817. The molecule has 3 atom stereocenters. The number of anilines is 1. The molecule has 0 radical (unpaired) electrons. The number of fused-ring (bicyclic) bond motifs is 1. The topological polar surface area (TPSA) is 68.8 Å². The van der Waals surface area contributed by atoms with E-state index >= 15 is 0 Å². The number of nitrogens with one attached hydrogen (secondary N) is 2. The van der Waals surface area contributed by atoms with Gasteiger partial charge in [0, 0.05) is 23.8 Å². The van der Waals surface area contributed by atoms with Crippen LogP contribution in [0, 0.1) is 5.92 Å². The van der Waals surface area contributed by atoms with E-state index in [2.05, 4.69) is 68.8 Å². The lowest BCUT2D eigenvalue weighted by Gasteiger charge is -2.42. The van der Waals surface area contributed by atoms with Gasteiger partial charge < -0.3 is 24.5 Å². The third kappa shape index (κ3) is 7.26. The molecule has 0 aliphatic carbocycles. The van der Waals surface area contributed by atoms with Gasteiger partial charge in [0.25, 0.3) is 0 Å². The quantitative estimate of drug-likeness (QED) is 0.193. The van der Waals surface area contributed by atoms with E-state index in [1.165, 1.54) is 5.56 Å². The van der Waals surface area contributed by atoms with Crippen LogP contribution in [0.3, 0.4) is 0 Å². The third-order valence-electron chi connectivity index (χ3n) is 8.36. The maximum absolute atomic E-state index is 13.2. The Morgan fingerprint density at radius 2 is 1.65 bits per heavy atom. The second kappa shape index (κ2) is 12.9. The number of benzene rings is 3. The molecule has 3 aromatic carbocycles. The average Bonchev–Trinajstić information content (AvgIpc) is 2.95. The van der Waals surface area contributed by atoms with E-state index < -0.39 is 14.4 Å². The average molecular weight is 561 g/mol. The van der Waals surface area contributed by atoms with Crippen molar-refractivity contribution >= 4 is 20.1 Å². The van der Waals surface area contributed by atoms with Gasteiger partial charge in [-0.1, -0.05) is 81.4 Å². The fraction of sp³-hybridized carbons (Fsp3) is 0.424. The van der Waals surface area contributed by atoms with Crippen LogP contribution in [0.4, 0.5) is 10.5 Å². The van der Waals surface area contributed by atoms with Crippen molar-refractivity contribution in [3.8, 4) is 5.75 Å². The van der Waals surface area contributed by atoms with E-state index in [1.54, 1.807) is 7.11 Å². The SMILES string of the molecule is COc1ccc2c(c1)[C@@H](NC(=O)OCc1ccccc1)[C@H](CCCO[Si](C)(C)C(C)(C)C)[C@@H](c1ccccc1)N2. The standard InChI is InChI=1S/C33H44N2O4Si/c1-33(2,3)40(5,6)39-21-13-18-27-30(25-16-11-8-12-17-25)34-29-20-19-26(37-4)22-28(29)31(27)35-32(36)38-23-24-14-9-7-10-15-24/h7-12,14-17,19-20,22,27,30-31,34H,13,18,21,23H2,1-6H3,(H,35,36)/t27-,30-,31+/m1/s1. The molecule has 0 saturated carbocycles. The number of hydrogen-bond donors (Lipinski definition) is 2. The zero-order valence-electron chi connectivity index (χ0n) is 24.7. The first-order valence-corrected chi connectivity index (χ1v) is 17.1. The number of ether oxygens (including phenoxy) is 2. The van der Waals surface area contributed by atoms with Crippen LogP contribution in [0.2, 0.25) is 18.1 Å². The van der Waals surface area contributed by atoms with Crippen LogP contribution in [-0.2, 0) is 15.8 Å². The van der Waals surface area contributed by atoms with Crippen LogP contribution in [0.15, 0.2) is 78.9 Å². The summed E-state index contributed by atoms with van der Waals surface area (Å²) in [6.07, 6.45) is 1.32. The summed E-state index contributed by atoms with van der Waals surface area (Å²) >= 11 is 0. The third-order valence-corrected chi connectivity index (χ3v) is 12.9. The van der Waals surface area contributed by atoms with Gasteiger partial charge in [-0.15, -0.1) is 0 Å². The Bertz CT molecular complexity index is 1240. The van der Waals surface area contributed by atoms with Crippen molar-refractivity contribution in [2.24, 2.45) is 5.92 Å². The van der Waals surface area contributed by atoms with E-state index in [9.17, 15) is 4.79 Å². The fourth-order valence-electron chi connectivity index (χ4n) is 5.02. The molecular weight excluding hydrogens is 516 g/mol. The fourth-order valence-corrected chi connectivity index (χ4v) is 6.11. The minimum atomic E-state index is -1.85. The highest BCUT2D eigenvalue weighted by Crippen LogP contribution is 2.46. The van der Waals surface area contributed by atoms with Crippen LogP contribution in [0.5, 0.6) is 5.75 Å². The van der Waals surface area contributed by atoms with Gasteiger partial charge in [-0.3, -0.25) is 0 Å². The van der Waals surface area contributed by atoms with Crippen LogP contribution in [0.1, 0.15) is 62.4 Å². The molecule has 2 N–H and O–H groups in total. The van der Waals surface area contributed by atoms with Gasteiger partial charge >= 0.3 is 6.09 Å². The van der Waals surface area contributed by atoms with Crippen molar-refractivity contribution in [2.75, 3.05) is 19.0 Å². The second-order valence-corrected chi connectivity index (χ2v) is 16.9. The number of alkyl carbamates (subject to hydrolysis) is 1. The normalized spacial score (nSPS) is 18.8. The molecule has 214 valence electrons. The molecule has 0 aromatic heterocycles. The Labute approximate surface area is 240 Å². The van der Waals surface area contributed by atoms with Gasteiger partial charge in [0.2, 0.25) is 0 Å². The number of amides is 1. The van der Waals surface area contributed by atoms with Gasteiger partial charge in [-0.25, -0.2) is 4.79 Å². The van der Waals surface area contributed by atoms with E-state index in [1.807, 2.05) is 54.6 Å². The first kappa shape index (κ1) is 29.7. The molecule has 0 saturated heterocycles. The lowest BCUT2D eigenvalue weighted by molar-refractivity contribution is 0.128. The van der Waals surface area contributed by atoms with E-state index in [0.717, 1.165) is 35.4 Å². The molecular formula is C33H44N2O4Si. The largest absolute Gasteiger partial charge is 0.497 e. The van der Waals surface area contributed by atoms with Gasteiger partial charge in [0.05, 0.1) is 19.2 Å². The smallest absolute Gasteiger partial charge is 0.407 e. The van der Waals surface area contributed by atoms with Crippen molar-refractivity contribution in [1.82, 2.24) is 5.32 Å². The maximum Gasteiger partial charge on any atom is 0.407 e. The van der Waals surface area contributed by atoms with Crippen LogP contribution < -0.4 is 15.4 Å². The molecule has 0 fully saturated rings. The summed E-state index contributed by atoms with van der Waals surface area (Å²) in [4.78, 5) is 13.2. The maximum atomic E-state index is 13.2. The van der Waals surface area contributed by atoms with Gasteiger partial charge in [0.15, 0.2) is 8.32 Å². The lowest BCUT2D eigenvalue weighted by atomic mass is 9.77. The summed E-state index contributed by atoms with van der Waals surface area (Å²) in [5.41, 5.74) is 4.12. The lowest BCUT2D eigenvalue weighted by Crippen LogP contribution is -2.42. The molecule has 0 spiro atoms. The van der Waals surface area contributed by atoms with Crippen molar-refractivity contribution in [2.45, 2.75) is 70.4 Å². The highest BCUT2D eigenvalue weighted by atomic mass is 28.4. The highest BCUT2D eigenvalue weighted by molar-refractivity contribution is 6.74. The Kier molecular flexibility index (Phi) is 9.58. The molecule has 7 heteroatoms. The minimum absolute atomic E-state index is 0.00869. The zero-order chi connectivity index (χ0) is 28.8. The number of carbonyl (C=O) groups is 1. The van der Waals surface area contributed by atoms with Crippen molar-refractivity contribution in [3.05, 3.63) is 95.6 Å². The van der Waals surface area contributed by atoms with E-state index in [4.69, 9.17) is 13.9 Å². The van der Waals surface area contributed by atoms with E-state index in [0.29, 0.717) is 6.61 Å². The molecule has 1 aliphatic rings. The molecule has 40 heavy (non-hydrogen) atoms. The summed E-state index contributed by atoms with van der Waals surface area (Å²) in [7, 11) is -0.187. The minimum Gasteiger partial charge on any atom is -0.497 e. The number of methoxy groups -OCH3 is 1. The van der Waals surface area contributed by atoms with Crippen molar-refractivity contribution in [3.63, 3.8) is 0 Å². The predicted octanol–water partition coefficient (Wildman–Crippen LogP) is 8.25. The van der Waals surface area contributed by atoms with Crippen molar-refractivity contribution < 1.29 is 18.7 Å². The summed E-state index contributed by atoms with van der Waals surface area (Å²) < 4.78 is 17.8. The van der Waals surface area contributed by atoms with Crippen LogP contribution in [0.25, 0.3) is 0 Å². The Balaban J connectivity index is 1.60. The Morgan fingerprint density at radius 3 is 2.30 bits per heavy atom. The monoisotopic (exact) mass is 560 g/mol. The second-order valence-electron chi connectivity index (χ2n) is 12.1. The highest BCUT2D eigenvalue weighted by Gasteiger charge is 2.40. The van der Waals surface area contributed by atoms with E-state index in [-0.39, 0.29) is 29.6 Å². The first-order valence-electron chi connectivity index (χ1n) is 14.2. The molecule has 0 bridgehead atoms. The number of hydrogen-bond acceptors (Lipinski definition) is 5. The van der Waals surface area contributed by atoms with Gasteiger partial charge in [-0.2, -0.15) is 0 Å².